The van der Waals surface area contributed by atoms with Gasteiger partial charge in [-0.1, -0.05) is 154 Å². The van der Waals surface area contributed by atoms with Crippen molar-refractivity contribution in [1.29, 1.82) is 0 Å². The Bertz CT molecular complexity index is 1250. The largest absolute Gasteiger partial charge is 0.872 e. The number of hydrogen-bond acceptors (Lipinski definition) is 1. The molecule has 0 amide bonds. The predicted molar refractivity (Wildman–Crippen MR) is 152 cm³/mol. The van der Waals surface area contributed by atoms with Crippen molar-refractivity contribution >= 4 is 0 Å². The zero-order valence-electron chi connectivity index (χ0n) is 21.8. The van der Waals surface area contributed by atoms with Gasteiger partial charge in [0.25, 0.3) is 0 Å². The van der Waals surface area contributed by atoms with Crippen molar-refractivity contribution in [2.45, 2.75) is 38.0 Å². The second-order valence-corrected chi connectivity index (χ2v) is 10.7. The zero-order chi connectivity index (χ0) is 25.8. The Morgan fingerprint density at radius 3 is 0.973 bits per heavy atom. The third-order valence-electron chi connectivity index (χ3n) is 7.17. The molecule has 5 aromatic rings. The second kappa shape index (κ2) is 10.5. The van der Waals surface area contributed by atoms with Crippen LogP contribution in [-0.2, 0) is 5.41 Å². The molecule has 1 heteroatoms. The summed E-state index contributed by atoms with van der Waals surface area (Å²) in [5, 5.41) is 14.6. The summed E-state index contributed by atoms with van der Waals surface area (Å²) in [5.74, 6) is -0.185. The first-order valence-electron chi connectivity index (χ1n) is 13.0. The lowest BCUT2D eigenvalue weighted by atomic mass is 9.75. The quantitative estimate of drug-likeness (QED) is 0.223. The monoisotopic (exact) mass is 481 g/mol. The van der Waals surface area contributed by atoms with Crippen molar-refractivity contribution in [3.8, 4) is 5.75 Å². The molecule has 0 aliphatic carbocycles. The Hall–Kier alpha value is -4.10. The van der Waals surface area contributed by atoms with Gasteiger partial charge in [0, 0.05) is 11.8 Å². The van der Waals surface area contributed by atoms with Crippen LogP contribution in [0.15, 0.2) is 133 Å². The summed E-state index contributed by atoms with van der Waals surface area (Å²) < 4.78 is 0. The fraction of sp³-hybridized carbons (Fsp3) is 0.167. The third-order valence-corrected chi connectivity index (χ3v) is 7.17. The smallest absolute Gasteiger partial charge is 0.0334 e. The van der Waals surface area contributed by atoms with Gasteiger partial charge in [-0.05, 0) is 44.4 Å². The van der Waals surface area contributed by atoms with E-state index in [0.717, 1.165) is 33.4 Å². The molecule has 0 saturated heterocycles. The molecule has 0 aliphatic rings. The van der Waals surface area contributed by atoms with Crippen LogP contribution in [0.1, 0.15) is 71.6 Å². The van der Waals surface area contributed by atoms with Gasteiger partial charge in [-0.3, -0.25) is 0 Å². The summed E-state index contributed by atoms with van der Waals surface area (Å²) in [5.41, 5.74) is 7.21. The van der Waals surface area contributed by atoms with E-state index in [9.17, 15) is 5.11 Å². The number of rotatable bonds is 6. The van der Waals surface area contributed by atoms with Crippen LogP contribution < -0.4 is 5.11 Å². The van der Waals surface area contributed by atoms with E-state index < -0.39 is 0 Å². The highest BCUT2D eigenvalue weighted by Crippen LogP contribution is 2.45. The lowest BCUT2D eigenvalue weighted by Gasteiger charge is -2.33. The molecular weight excluding hydrogens is 448 g/mol. The molecule has 0 N–H and O–H groups in total. The summed E-state index contributed by atoms with van der Waals surface area (Å²) in [6.07, 6.45) is 0. The lowest BCUT2D eigenvalue weighted by Crippen LogP contribution is -2.18. The van der Waals surface area contributed by atoms with Gasteiger partial charge < -0.3 is 5.11 Å². The molecule has 0 bridgehead atoms. The summed E-state index contributed by atoms with van der Waals surface area (Å²) in [6, 6.07) is 45.9. The van der Waals surface area contributed by atoms with Gasteiger partial charge in [-0.15, -0.1) is 5.75 Å². The average molecular weight is 482 g/mol. The molecule has 0 heterocycles. The van der Waals surface area contributed by atoms with E-state index in [1.54, 1.807) is 0 Å². The summed E-state index contributed by atoms with van der Waals surface area (Å²) >= 11 is 0. The Kier molecular flexibility index (Phi) is 6.97. The van der Waals surface area contributed by atoms with Crippen molar-refractivity contribution < 1.29 is 5.11 Å². The fourth-order valence-electron chi connectivity index (χ4n) is 5.22. The molecule has 0 unspecified atom stereocenters. The van der Waals surface area contributed by atoms with Gasteiger partial charge in [0.15, 0.2) is 0 Å². The van der Waals surface area contributed by atoms with Crippen LogP contribution in [0, 0.1) is 0 Å². The van der Waals surface area contributed by atoms with Crippen molar-refractivity contribution in [3.05, 3.63) is 172 Å². The molecule has 0 fully saturated rings. The first-order valence-corrected chi connectivity index (χ1v) is 13.0. The number of benzene rings is 5. The van der Waals surface area contributed by atoms with E-state index in [2.05, 4.69) is 130 Å². The van der Waals surface area contributed by atoms with Gasteiger partial charge in [0.05, 0.1) is 0 Å². The van der Waals surface area contributed by atoms with Crippen LogP contribution in [0.25, 0.3) is 0 Å². The minimum atomic E-state index is -0.150. The van der Waals surface area contributed by atoms with Crippen LogP contribution in [-0.4, -0.2) is 0 Å². The molecular formula is C36H33O-. The molecule has 1 nitrogen and oxygen atoms in total. The normalized spacial score (nSPS) is 11.7. The highest BCUT2D eigenvalue weighted by molar-refractivity contribution is 5.58. The molecule has 184 valence electrons. The molecule has 0 aromatic heterocycles. The minimum Gasteiger partial charge on any atom is -0.872 e. The van der Waals surface area contributed by atoms with Crippen LogP contribution in [0.4, 0.5) is 0 Å². The maximum absolute atomic E-state index is 14.6. The molecule has 0 spiro atoms. The first kappa shape index (κ1) is 24.6. The van der Waals surface area contributed by atoms with E-state index in [-0.39, 0.29) is 23.0 Å². The maximum Gasteiger partial charge on any atom is 0.0334 e. The zero-order valence-corrected chi connectivity index (χ0v) is 21.8. The lowest BCUT2D eigenvalue weighted by molar-refractivity contribution is -0.270. The maximum atomic E-state index is 14.6. The number of hydrogen-bond donors (Lipinski definition) is 0. The summed E-state index contributed by atoms with van der Waals surface area (Å²) in [4.78, 5) is 0. The second-order valence-electron chi connectivity index (χ2n) is 10.7. The minimum absolute atomic E-state index is 0.114. The standard InChI is InChI=1S/C36H34O/c1-36(2,3)30-24-31(33(26-16-8-4-9-17-26)27-18-10-5-11-19-27)35(37)32(25-30)34(28-20-12-6-13-21-28)29-22-14-7-15-23-29/h4-25,33-34,37H,1-3H3/p-1. The molecule has 0 atom stereocenters. The van der Waals surface area contributed by atoms with Gasteiger partial charge in [-0.25, -0.2) is 0 Å². The summed E-state index contributed by atoms with van der Waals surface area (Å²) in [7, 11) is 0. The van der Waals surface area contributed by atoms with Crippen molar-refractivity contribution in [2.75, 3.05) is 0 Å². The Morgan fingerprint density at radius 2 is 0.730 bits per heavy atom. The highest BCUT2D eigenvalue weighted by Gasteiger charge is 2.26. The van der Waals surface area contributed by atoms with Crippen molar-refractivity contribution in [2.24, 2.45) is 0 Å². The predicted octanol–water partition coefficient (Wildman–Crippen LogP) is 8.42. The Balaban J connectivity index is 1.82. The molecule has 0 saturated carbocycles. The molecule has 5 rings (SSSR count). The van der Waals surface area contributed by atoms with Crippen molar-refractivity contribution in [1.82, 2.24) is 0 Å². The Morgan fingerprint density at radius 1 is 0.459 bits per heavy atom. The molecule has 0 aliphatic heterocycles. The third kappa shape index (κ3) is 5.22. The first-order chi connectivity index (χ1) is 17.9. The van der Waals surface area contributed by atoms with Gasteiger partial charge in [0.2, 0.25) is 0 Å². The van der Waals surface area contributed by atoms with Gasteiger partial charge in [-0.2, -0.15) is 0 Å². The highest BCUT2D eigenvalue weighted by atomic mass is 16.3. The SMILES string of the molecule is CC(C)(C)c1cc(C(c2ccccc2)c2ccccc2)c([O-])c(C(c2ccccc2)c2ccccc2)c1. The Labute approximate surface area is 221 Å². The van der Waals surface area contributed by atoms with E-state index >= 15 is 0 Å². The van der Waals surface area contributed by atoms with Gasteiger partial charge in [0.1, 0.15) is 0 Å². The van der Waals surface area contributed by atoms with E-state index in [4.69, 9.17) is 0 Å². The molecule has 5 aromatic carbocycles. The van der Waals surface area contributed by atoms with Crippen LogP contribution >= 0.6 is 0 Å². The van der Waals surface area contributed by atoms with Crippen LogP contribution in [0.5, 0.6) is 5.75 Å². The fourth-order valence-corrected chi connectivity index (χ4v) is 5.22. The van der Waals surface area contributed by atoms with E-state index in [1.807, 2.05) is 24.3 Å². The van der Waals surface area contributed by atoms with E-state index in [0.29, 0.717) is 0 Å². The molecule has 0 radical (unpaired) electrons. The molecule has 37 heavy (non-hydrogen) atoms. The van der Waals surface area contributed by atoms with Crippen LogP contribution in [0.3, 0.4) is 0 Å². The van der Waals surface area contributed by atoms with Crippen LogP contribution in [0.2, 0.25) is 0 Å². The van der Waals surface area contributed by atoms with Gasteiger partial charge >= 0.3 is 0 Å². The summed E-state index contributed by atoms with van der Waals surface area (Å²) in [6.45, 7) is 6.67. The van der Waals surface area contributed by atoms with E-state index in [1.165, 1.54) is 5.56 Å². The topological polar surface area (TPSA) is 23.1 Å². The van der Waals surface area contributed by atoms with Crippen molar-refractivity contribution in [3.63, 3.8) is 0 Å². The average Bonchev–Trinajstić information content (AvgIpc) is 2.92.